The summed E-state index contributed by atoms with van der Waals surface area (Å²) in [7, 11) is 3.53. The van der Waals surface area contributed by atoms with E-state index in [1.807, 2.05) is 12.1 Å². The lowest BCUT2D eigenvalue weighted by Gasteiger charge is -2.33. The largest absolute Gasteiger partial charge is 0.468 e. The fourth-order valence-electron chi connectivity index (χ4n) is 3.74. The van der Waals surface area contributed by atoms with E-state index in [4.69, 9.17) is 9.15 Å². The molecule has 28 heavy (non-hydrogen) atoms. The van der Waals surface area contributed by atoms with Crippen LogP contribution in [-0.2, 0) is 17.9 Å². The number of ether oxygens (including phenoxy) is 1. The van der Waals surface area contributed by atoms with Crippen LogP contribution in [0.3, 0.4) is 0 Å². The van der Waals surface area contributed by atoms with E-state index in [1.54, 1.807) is 20.4 Å². The van der Waals surface area contributed by atoms with E-state index < -0.39 is 0 Å². The molecular weight excluding hydrogens is 352 g/mol. The Bertz CT molecular complexity index is 724. The number of methoxy groups -OCH3 is 1. The van der Waals surface area contributed by atoms with E-state index in [-0.39, 0.29) is 6.04 Å². The number of aliphatic imine (C=N–C) groups is 1. The number of guanidine groups is 1. The van der Waals surface area contributed by atoms with Crippen LogP contribution in [-0.4, -0.2) is 44.7 Å². The summed E-state index contributed by atoms with van der Waals surface area (Å²) in [6.45, 7) is 4.30. The molecule has 6 nitrogen and oxygen atoms in total. The molecule has 1 unspecified atom stereocenters. The molecular formula is C22H32N4O2. The zero-order valence-corrected chi connectivity index (χ0v) is 17.0. The molecule has 1 fully saturated rings. The van der Waals surface area contributed by atoms with Crippen LogP contribution in [0.2, 0.25) is 0 Å². The number of hydrogen-bond donors (Lipinski definition) is 2. The van der Waals surface area contributed by atoms with Crippen molar-refractivity contribution in [3.05, 3.63) is 59.5 Å². The summed E-state index contributed by atoms with van der Waals surface area (Å²) in [6, 6.07) is 12.6. The Labute approximate surface area is 168 Å². The van der Waals surface area contributed by atoms with Gasteiger partial charge in [0, 0.05) is 27.2 Å². The standard InChI is InChI=1S/C22H32N4O2/c1-23-22(24-15-18-9-4-5-10-19(18)17-27-2)25-16-20(21-11-8-14-28-21)26-12-6-3-7-13-26/h4-5,8-11,14,20H,3,6-7,12-13,15-17H2,1-2H3,(H2,23,24,25). The minimum Gasteiger partial charge on any atom is -0.468 e. The Morgan fingerprint density at radius 1 is 1.11 bits per heavy atom. The van der Waals surface area contributed by atoms with Crippen LogP contribution in [0, 0.1) is 0 Å². The highest BCUT2D eigenvalue weighted by atomic mass is 16.5. The summed E-state index contributed by atoms with van der Waals surface area (Å²) < 4.78 is 11.0. The van der Waals surface area contributed by atoms with Crippen LogP contribution in [0.15, 0.2) is 52.1 Å². The Morgan fingerprint density at radius 2 is 1.89 bits per heavy atom. The predicted octanol–water partition coefficient (Wildman–Crippen LogP) is 3.32. The Morgan fingerprint density at radius 3 is 2.57 bits per heavy atom. The van der Waals surface area contributed by atoms with Gasteiger partial charge in [-0.3, -0.25) is 9.89 Å². The molecule has 2 N–H and O–H groups in total. The van der Waals surface area contributed by atoms with E-state index >= 15 is 0 Å². The van der Waals surface area contributed by atoms with E-state index in [9.17, 15) is 0 Å². The van der Waals surface area contributed by atoms with Crippen molar-refractivity contribution in [1.29, 1.82) is 0 Å². The zero-order valence-electron chi connectivity index (χ0n) is 17.0. The predicted molar refractivity (Wildman–Crippen MR) is 112 cm³/mol. The minimum absolute atomic E-state index is 0.217. The van der Waals surface area contributed by atoms with Crippen molar-refractivity contribution in [2.24, 2.45) is 4.99 Å². The van der Waals surface area contributed by atoms with Crippen LogP contribution in [0.25, 0.3) is 0 Å². The molecule has 1 aliphatic heterocycles. The summed E-state index contributed by atoms with van der Waals surface area (Å²) in [5.41, 5.74) is 2.40. The molecule has 0 bridgehead atoms. The van der Waals surface area contributed by atoms with Crippen molar-refractivity contribution in [2.45, 2.75) is 38.5 Å². The van der Waals surface area contributed by atoms with Gasteiger partial charge in [-0.2, -0.15) is 0 Å². The molecule has 2 aromatic rings. The topological polar surface area (TPSA) is 62.0 Å². The number of furan rings is 1. The van der Waals surface area contributed by atoms with Crippen LogP contribution in [0.4, 0.5) is 0 Å². The van der Waals surface area contributed by atoms with Gasteiger partial charge in [0.15, 0.2) is 5.96 Å². The van der Waals surface area contributed by atoms with Crippen LogP contribution < -0.4 is 10.6 Å². The first-order chi connectivity index (χ1) is 13.8. The number of nitrogens with zero attached hydrogens (tertiary/aromatic N) is 2. The smallest absolute Gasteiger partial charge is 0.191 e. The Kier molecular flexibility index (Phi) is 7.94. The SMILES string of the molecule is CN=C(NCc1ccccc1COC)NCC(c1ccco1)N1CCCCC1. The van der Waals surface area contributed by atoms with Gasteiger partial charge in [-0.25, -0.2) is 0 Å². The summed E-state index contributed by atoms with van der Waals surface area (Å²) in [4.78, 5) is 6.90. The van der Waals surface area contributed by atoms with Gasteiger partial charge in [0.1, 0.15) is 5.76 Å². The third kappa shape index (κ3) is 5.59. The van der Waals surface area contributed by atoms with Crippen LogP contribution in [0.5, 0.6) is 0 Å². The summed E-state index contributed by atoms with van der Waals surface area (Å²) in [6.07, 6.45) is 5.58. The molecule has 0 spiro atoms. The minimum atomic E-state index is 0.217. The number of rotatable bonds is 8. The summed E-state index contributed by atoms with van der Waals surface area (Å²) >= 11 is 0. The van der Waals surface area contributed by atoms with Crippen molar-refractivity contribution in [3.63, 3.8) is 0 Å². The second-order valence-corrected chi connectivity index (χ2v) is 7.14. The zero-order chi connectivity index (χ0) is 19.6. The van der Waals surface area contributed by atoms with Gasteiger partial charge in [-0.05, 0) is 49.2 Å². The highest BCUT2D eigenvalue weighted by Crippen LogP contribution is 2.24. The molecule has 1 aromatic heterocycles. The maximum absolute atomic E-state index is 5.73. The van der Waals surface area contributed by atoms with E-state index in [1.165, 1.54) is 30.4 Å². The quantitative estimate of drug-likeness (QED) is 0.540. The first-order valence-corrected chi connectivity index (χ1v) is 10.1. The molecule has 2 heterocycles. The molecule has 1 aliphatic rings. The number of likely N-dealkylation sites (tertiary alicyclic amines) is 1. The monoisotopic (exact) mass is 384 g/mol. The van der Waals surface area contributed by atoms with E-state index in [0.29, 0.717) is 13.2 Å². The lowest BCUT2D eigenvalue weighted by molar-refractivity contribution is 0.146. The Hall–Kier alpha value is -2.31. The molecule has 3 rings (SSSR count). The average Bonchev–Trinajstić information content (AvgIpc) is 3.27. The molecule has 0 saturated carbocycles. The second-order valence-electron chi connectivity index (χ2n) is 7.14. The van der Waals surface area contributed by atoms with Gasteiger partial charge >= 0.3 is 0 Å². The average molecular weight is 385 g/mol. The molecule has 0 radical (unpaired) electrons. The first kappa shape index (κ1) is 20.4. The van der Waals surface area contributed by atoms with Gasteiger partial charge in [0.25, 0.3) is 0 Å². The maximum Gasteiger partial charge on any atom is 0.191 e. The molecule has 6 heteroatoms. The fourth-order valence-corrected chi connectivity index (χ4v) is 3.74. The summed E-state index contributed by atoms with van der Waals surface area (Å²) in [5.74, 6) is 1.80. The molecule has 1 atom stereocenters. The highest BCUT2D eigenvalue weighted by Gasteiger charge is 2.24. The first-order valence-electron chi connectivity index (χ1n) is 10.1. The maximum atomic E-state index is 5.73. The van der Waals surface area contributed by atoms with E-state index in [0.717, 1.165) is 31.4 Å². The number of nitrogens with one attached hydrogen (secondary N) is 2. The second kappa shape index (κ2) is 10.9. The highest BCUT2D eigenvalue weighted by molar-refractivity contribution is 5.79. The van der Waals surface area contributed by atoms with Crippen molar-refractivity contribution >= 4 is 5.96 Å². The number of hydrogen-bond acceptors (Lipinski definition) is 4. The number of benzene rings is 1. The Balaban J connectivity index is 1.59. The molecule has 0 aliphatic carbocycles. The third-order valence-corrected chi connectivity index (χ3v) is 5.25. The normalized spacial score (nSPS) is 16.7. The van der Waals surface area contributed by atoms with Crippen molar-refractivity contribution in [2.75, 3.05) is 33.8 Å². The van der Waals surface area contributed by atoms with Gasteiger partial charge in [0.2, 0.25) is 0 Å². The van der Waals surface area contributed by atoms with Crippen molar-refractivity contribution in [1.82, 2.24) is 15.5 Å². The van der Waals surface area contributed by atoms with Crippen LogP contribution in [0.1, 0.15) is 42.2 Å². The van der Waals surface area contributed by atoms with Gasteiger partial charge in [-0.1, -0.05) is 30.7 Å². The van der Waals surface area contributed by atoms with Crippen LogP contribution >= 0.6 is 0 Å². The molecule has 1 aromatic carbocycles. The lowest BCUT2D eigenvalue weighted by Crippen LogP contribution is -2.44. The summed E-state index contributed by atoms with van der Waals surface area (Å²) in [5, 5.41) is 6.91. The molecule has 152 valence electrons. The lowest BCUT2D eigenvalue weighted by atomic mass is 10.1. The number of piperidine rings is 1. The molecule has 0 amide bonds. The van der Waals surface area contributed by atoms with Gasteiger partial charge < -0.3 is 19.8 Å². The van der Waals surface area contributed by atoms with E-state index in [2.05, 4.69) is 44.8 Å². The third-order valence-electron chi connectivity index (χ3n) is 5.25. The molecule has 1 saturated heterocycles. The van der Waals surface area contributed by atoms with Crippen molar-refractivity contribution < 1.29 is 9.15 Å². The van der Waals surface area contributed by atoms with Gasteiger partial charge in [-0.15, -0.1) is 0 Å². The van der Waals surface area contributed by atoms with Gasteiger partial charge in [0.05, 0.1) is 18.9 Å². The van der Waals surface area contributed by atoms with Crippen molar-refractivity contribution in [3.8, 4) is 0 Å². The fraction of sp³-hybridized carbons (Fsp3) is 0.500.